The first-order valence-electron chi connectivity index (χ1n) is 11.1. The lowest BCUT2D eigenvalue weighted by Crippen LogP contribution is -2.55. The SMILES string of the molecule is C=CC(=O)N1CCOCC1C(=O)NCCOc1cc(Nc2ncc(-c3ccccc3)s2)nc(C)n1. The Hall–Kier alpha value is -3.83. The van der Waals surface area contributed by atoms with E-state index in [0.717, 1.165) is 10.4 Å². The normalized spacial score (nSPS) is 15.3. The van der Waals surface area contributed by atoms with Crippen LogP contribution in [0.3, 0.4) is 0 Å². The van der Waals surface area contributed by atoms with E-state index in [0.29, 0.717) is 35.8 Å². The second kappa shape index (κ2) is 11.5. The van der Waals surface area contributed by atoms with Gasteiger partial charge >= 0.3 is 0 Å². The van der Waals surface area contributed by atoms with Crippen molar-refractivity contribution < 1.29 is 19.1 Å². The lowest BCUT2D eigenvalue weighted by Gasteiger charge is -2.33. The van der Waals surface area contributed by atoms with Gasteiger partial charge in [0, 0.05) is 18.8 Å². The highest BCUT2D eigenvalue weighted by Crippen LogP contribution is 2.30. The first kappa shape index (κ1) is 24.3. The number of thiazole rings is 1. The van der Waals surface area contributed by atoms with Crippen molar-refractivity contribution >= 4 is 34.1 Å². The predicted molar refractivity (Wildman–Crippen MR) is 133 cm³/mol. The quantitative estimate of drug-likeness (QED) is 0.344. The van der Waals surface area contributed by atoms with Crippen LogP contribution in [0, 0.1) is 6.92 Å². The largest absolute Gasteiger partial charge is 0.476 e. The highest BCUT2D eigenvalue weighted by molar-refractivity contribution is 7.18. The lowest BCUT2D eigenvalue weighted by atomic mass is 10.2. The Balaban J connectivity index is 1.30. The van der Waals surface area contributed by atoms with Gasteiger partial charge in [-0.25, -0.2) is 9.97 Å². The van der Waals surface area contributed by atoms with E-state index >= 15 is 0 Å². The van der Waals surface area contributed by atoms with E-state index in [1.807, 2.05) is 36.5 Å². The monoisotopic (exact) mass is 494 g/mol. The van der Waals surface area contributed by atoms with Crippen LogP contribution in [0.5, 0.6) is 5.88 Å². The van der Waals surface area contributed by atoms with Crippen LogP contribution in [-0.4, -0.2) is 70.6 Å². The van der Waals surface area contributed by atoms with Gasteiger partial charge in [0.2, 0.25) is 17.7 Å². The summed E-state index contributed by atoms with van der Waals surface area (Å²) in [7, 11) is 0. The summed E-state index contributed by atoms with van der Waals surface area (Å²) in [4.78, 5) is 40.1. The molecule has 1 aromatic carbocycles. The number of hydrogen-bond donors (Lipinski definition) is 2. The molecule has 0 aliphatic carbocycles. The number of hydrogen-bond acceptors (Lipinski definition) is 9. The molecule has 10 nitrogen and oxygen atoms in total. The Morgan fingerprint density at radius 3 is 2.94 bits per heavy atom. The smallest absolute Gasteiger partial charge is 0.246 e. The van der Waals surface area contributed by atoms with Gasteiger partial charge in [-0.1, -0.05) is 48.2 Å². The summed E-state index contributed by atoms with van der Waals surface area (Å²) in [5, 5.41) is 6.68. The number of anilines is 2. The predicted octanol–water partition coefficient (Wildman–Crippen LogP) is 2.56. The molecule has 1 atom stereocenters. The molecule has 35 heavy (non-hydrogen) atoms. The molecule has 3 aromatic rings. The summed E-state index contributed by atoms with van der Waals surface area (Å²) in [6.45, 7) is 6.58. The van der Waals surface area contributed by atoms with E-state index in [1.165, 1.54) is 22.3 Å². The average Bonchev–Trinajstić information content (AvgIpc) is 3.34. The van der Waals surface area contributed by atoms with Gasteiger partial charge in [-0.2, -0.15) is 4.98 Å². The number of carbonyl (C=O) groups is 2. The minimum atomic E-state index is -0.689. The minimum Gasteiger partial charge on any atom is -0.476 e. The minimum absolute atomic E-state index is 0.148. The van der Waals surface area contributed by atoms with Crippen molar-refractivity contribution in [2.75, 3.05) is 38.2 Å². The van der Waals surface area contributed by atoms with Crippen LogP contribution >= 0.6 is 11.3 Å². The summed E-state index contributed by atoms with van der Waals surface area (Å²) in [6, 6.07) is 11.0. The van der Waals surface area contributed by atoms with Crippen molar-refractivity contribution in [1.82, 2.24) is 25.2 Å². The topological polar surface area (TPSA) is 119 Å². The first-order chi connectivity index (χ1) is 17.0. The van der Waals surface area contributed by atoms with Crippen LogP contribution in [0.2, 0.25) is 0 Å². The van der Waals surface area contributed by atoms with Gasteiger partial charge in [0.1, 0.15) is 24.3 Å². The average molecular weight is 495 g/mol. The second-order valence-electron chi connectivity index (χ2n) is 7.63. The number of amides is 2. The highest BCUT2D eigenvalue weighted by atomic mass is 32.1. The maximum absolute atomic E-state index is 12.5. The number of benzene rings is 1. The third kappa shape index (κ3) is 6.40. The van der Waals surface area contributed by atoms with Crippen LogP contribution < -0.4 is 15.4 Å². The standard InChI is InChI=1S/C24H26N6O4S/c1-3-22(31)30-10-12-33-15-18(30)23(32)25-9-11-34-21-13-20(27-16(2)28-21)29-24-26-14-19(35-24)17-7-5-4-6-8-17/h3-8,13-14,18H,1,9-12,15H2,2H3,(H,25,32)(H,26,27,28,29). The van der Waals surface area contributed by atoms with Crippen molar-refractivity contribution in [1.29, 1.82) is 0 Å². The summed E-state index contributed by atoms with van der Waals surface area (Å²) in [6.07, 6.45) is 3.02. The van der Waals surface area contributed by atoms with E-state index in [2.05, 4.69) is 32.2 Å². The highest BCUT2D eigenvalue weighted by Gasteiger charge is 2.31. The Morgan fingerprint density at radius 2 is 2.14 bits per heavy atom. The molecule has 2 N–H and O–H groups in total. The number of aryl methyl sites for hydroxylation is 1. The van der Waals surface area contributed by atoms with E-state index in [1.54, 1.807) is 13.0 Å². The number of nitrogens with zero attached hydrogens (tertiary/aromatic N) is 4. The van der Waals surface area contributed by atoms with Crippen molar-refractivity contribution in [3.63, 3.8) is 0 Å². The van der Waals surface area contributed by atoms with Gasteiger partial charge < -0.3 is 25.0 Å². The summed E-state index contributed by atoms with van der Waals surface area (Å²) >= 11 is 1.52. The summed E-state index contributed by atoms with van der Waals surface area (Å²) in [5.41, 5.74) is 1.10. The Kier molecular flexibility index (Phi) is 8.01. The Bertz CT molecular complexity index is 1190. The van der Waals surface area contributed by atoms with Crippen molar-refractivity contribution in [3.05, 3.63) is 61.1 Å². The number of carbonyl (C=O) groups excluding carboxylic acids is 2. The van der Waals surface area contributed by atoms with Gasteiger partial charge in [0.25, 0.3) is 0 Å². The number of aromatic nitrogens is 3. The first-order valence-corrected chi connectivity index (χ1v) is 11.9. The fourth-order valence-electron chi connectivity index (χ4n) is 3.51. The number of morpholine rings is 1. The van der Waals surface area contributed by atoms with Crippen LogP contribution in [-0.2, 0) is 14.3 Å². The maximum atomic E-state index is 12.5. The van der Waals surface area contributed by atoms with Gasteiger partial charge in [0.05, 0.1) is 24.6 Å². The zero-order valence-electron chi connectivity index (χ0n) is 19.3. The molecule has 1 fully saturated rings. The molecule has 182 valence electrons. The fourth-order valence-corrected chi connectivity index (χ4v) is 4.33. The molecule has 1 unspecified atom stereocenters. The van der Waals surface area contributed by atoms with E-state index in [4.69, 9.17) is 9.47 Å². The maximum Gasteiger partial charge on any atom is 0.246 e. The van der Waals surface area contributed by atoms with Crippen LogP contribution in [0.25, 0.3) is 10.4 Å². The molecule has 1 aliphatic heterocycles. The van der Waals surface area contributed by atoms with Gasteiger partial charge in [-0.05, 0) is 18.6 Å². The van der Waals surface area contributed by atoms with Gasteiger partial charge in [-0.3, -0.25) is 9.59 Å². The Morgan fingerprint density at radius 1 is 1.31 bits per heavy atom. The van der Waals surface area contributed by atoms with Crippen molar-refractivity contribution in [3.8, 4) is 16.3 Å². The molecule has 1 saturated heterocycles. The van der Waals surface area contributed by atoms with Gasteiger partial charge in [-0.15, -0.1) is 0 Å². The zero-order chi connectivity index (χ0) is 24.6. The molecule has 0 spiro atoms. The second-order valence-corrected chi connectivity index (χ2v) is 8.66. The van der Waals surface area contributed by atoms with Crippen LogP contribution in [0.15, 0.2) is 55.3 Å². The Labute approximate surface area is 207 Å². The molecule has 11 heteroatoms. The van der Waals surface area contributed by atoms with E-state index in [9.17, 15) is 9.59 Å². The fraction of sp³-hybridized carbons (Fsp3) is 0.292. The summed E-state index contributed by atoms with van der Waals surface area (Å²) in [5.74, 6) is 0.869. The third-order valence-corrected chi connectivity index (χ3v) is 6.12. The lowest BCUT2D eigenvalue weighted by molar-refractivity contribution is -0.145. The van der Waals surface area contributed by atoms with Crippen LogP contribution in [0.4, 0.5) is 10.9 Å². The molecular formula is C24H26N6O4S. The molecule has 3 heterocycles. The van der Waals surface area contributed by atoms with E-state index < -0.39 is 6.04 Å². The molecule has 0 saturated carbocycles. The molecule has 2 aromatic heterocycles. The zero-order valence-corrected chi connectivity index (χ0v) is 20.1. The number of rotatable bonds is 9. The molecular weight excluding hydrogens is 468 g/mol. The number of ether oxygens (including phenoxy) is 2. The molecule has 1 aliphatic rings. The third-order valence-electron chi connectivity index (χ3n) is 5.15. The summed E-state index contributed by atoms with van der Waals surface area (Å²) < 4.78 is 11.1. The number of nitrogens with one attached hydrogen (secondary N) is 2. The molecule has 2 amide bonds. The van der Waals surface area contributed by atoms with Crippen LogP contribution in [0.1, 0.15) is 5.82 Å². The van der Waals surface area contributed by atoms with Crippen molar-refractivity contribution in [2.45, 2.75) is 13.0 Å². The van der Waals surface area contributed by atoms with E-state index in [-0.39, 0.29) is 31.6 Å². The molecule has 4 rings (SSSR count). The van der Waals surface area contributed by atoms with Gasteiger partial charge in [0.15, 0.2) is 5.13 Å². The molecule has 0 bridgehead atoms. The van der Waals surface area contributed by atoms with Crippen molar-refractivity contribution in [2.24, 2.45) is 0 Å². The molecule has 0 radical (unpaired) electrons.